The van der Waals surface area contributed by atoms with Crippen molar-refractivity contribution < 1.29 is 14.7 Å². The first-order valence-corrected chi connectivity index (χ1v) is 6.54. The fraction of sp³-hybridized carbons (Fsp3) is 0.429. The van der Waals surface area contributed by atoms with Gasteiger partial charge in [-0.05, 0) is 30.4 Å². The summed E-state index contributed by atoms with van der Waals surface area (Å²) in [6.45, 7) is 0.451. The second-order valence-corrected chi connectivity index (χ2v) is 5.11. The molecule has 0 spiro atoms. The lowest BCUT2D eigenvalue weighted by molar-refractivity contribution is -0.142. The van der Waals surface area contributed by atoms with E-state index in [-0.39, 0.29) is 12.1 Å². The molecule has 1 atom stereocenters. The number of benzene rings is 1. The smallest absolute Gasteiger partial charge is 0.331 e. The lowest BCUT2D eigenvalue weighted by Gasteiger charge is -2.34. The molecule has 1 heterocycles. The van der Waals surface area contributed by atoms with Gasteiger partial charge in [-0.3, -0.25) is 0 Å². The van der Waals surface area contributed by atoms with Gasteiger partial charge < -0.3 is 15.3 Å². The molecule has 19 heavy (non-hydrogen) atoms. The molecule has 3 rings (SSSR count). The first kappa shape index (κ1) is 12.0. The van der Waals surface area contributed by atoms with Crippen LogP contribution in [0.4, 0.5) is 4.79 Å². The Kier molecular flexibility index (Phi) is 2.89. The molecule has 1 aromatic carbocycles. The van der Waals surface area contributed by atoms with Gasteiger partial charge >= 0.3 is 12.0 Å². The SMILES string of the molecule is O=C(O)C1c2ccccc2CCN1C(=O)NC1CC1. The van der Waals surface area contributed by atoms with E-state index in [2.05, 4.69) is 5.32 Å². The third-order valence-electron chi connectivity index (χ3n) is 3.68. The molecule has 1 aliphatic heterocycles. The summed E-state index contributed by atoms with van der Waals surface area (Å²) in [5.41, 5.74) is 1.75. The van der Waals surface area contributed by atoms with Crippen LogP contribution in [0.1, 0.15) is 30.0 Å². The number of amides is 2. The molecule has 1 aromatic rings. The van der Waals surface area contributed by atoms with E-state index in [0.29, 0.717) is 13.0 Å². The Labute approximate surface area is 111 Å². The van der Waals surface area contributed by atoms with Crippen LogP contribution in [0.15, 0.2) is 24.3 Å². The first-order valence-electron chi connectivity index (χ1n) is 6.54. The number of fused-ring (bicyclic) bond motifs is 1. The van der Waals surface area contributed by atoms with Gasteiger partial charge in [-0.2, -0.15) is 0 Å². The number of carbonyl (C=O) groups is 2. The van der Waals surface area contributed by atoms with Crippen LogP contribution in [0.25, 0.3) is 0 Å². The maximum Gasteiger partial charge on any atom is 0.331 e. The van der Waals surface area contributed by atoms with Crippen molar-refractivity contribution in [3.63, 3.8) is 0 Å². The summed E-state index contributed by atoms with van der Waals surface area (Å²) in [5, 5.41) is 12.3. The van der Waals surface area contributed by atoms with Crippen molar-refractivity contribution in [3.05, 3.63) is 35.4 Å². The average Bonchev–Trinajstić information content (AvgIpc) is 3.21. The highest BCUT2D eigenvalue weighted by atomic mass is 16.4. The van der Waals surface area contributed by atoms with Crippen LogP contribution >= 0.6 is 0 Å². The zero-order valence-corrected chi connectivity index (χ0v) is 10.5. The molecule has 1 aliphatic carbocycles. The molecule has 0 aromatic heterocycles. The molecule has 1 unspecified atom stereocenters. The van der Waals surface area contributed by atoms with Gasteiger partial charge in [-0.1, -0.05) is 24.3 Å². The van der Waals surface area contributed by atoms with Crippen molar-refractivity contribution in [2.75, 3.05) is 6.54 Å². The van der Waals surface area contributed by atoms with Gasteiger partial charge in [0.05, 0.1) is 0 Å². The monoisotopic (exact) mass is 260 g/mol. The van der Waals surface area contributed by atoms with E-state index >= 15 is 0 Å². The zero-order chi connectivity index (χ0) is 13.4. The minimum atomic E-state index is -0.974. The van der Waals surface area contributed by atoms with Gasteiger partial charge in [-0.15, -0.1) is 0 Å². The predicted molar refractivity (Wildman–Crippen MR) is 68.8 cm³/mol. The molecular formula is C14H16N2O3. The average molecular weight is 260 g/mol. The first-order chi connectivity index (χ1) is 9.16. The number of carbonyl (C=O) groups excluding carboxylic acids is 1. The standard InChI is InChI=1S/C14H16N2O3/c17-13(18)12-11-4-2-1-3-9(11)7-8-16(12)14(19)15-10-5-6-10/h1-4,10,12H,5-8H2,(H,15,19)(H,17,18). The molecule has 1 saturated carbocycles. The van der Waals surface area contributed by atoms with Crippen LogP contribution < -0.4 is 5.32 Å². The van der Waals surface area contributed by atoms with Crippen molar-refractivity contribution in [2.45, 2.75) is 31.3 Å². The molecule has 100 valence electrons. The lowest BCUT2D eigenvalue weighted by atomic mass is 9.93. The van der Waals surface area contributed by atoms with E-state index in [0.717, 1.165) is 24.0 Å². The molecule has 2 amide bonds. The topological polar surface area (TPSA) is 69.6 Å². The summed E-state index contributed by atoms with van der Waals surface area (Å²) in [6, 6.07) is 6.55. The predicted octanol–water partition coefficient (Wildman–Crippen LogP) is 1.54. The Balaban J connectivity index is 1.89. The van der Waals surface area contributed by atoms with E-state index in [1.807, 2.05) is 18.2 Å². The third kappa shape index (κ3) is 2.28. The van der Waals surface area contributed by atoms with Crippen molar-refractivity contribution in [1.82, 2.24) is 10.2 Å². The van der Waals surface area contributed by atoms with Gasteiger partial charge in [0, 0.05) is 12.6 Å². The molecule has 0 radical (unpaired) electrons. The maximum atomic E-state index is 12.1. The van der Waals surface area contributed by atoms with Gasteiger partial charge in [0.1, 0.15) is 0 Å². The largest absolute Gasteiger partial charge is 0.479 e. The zero-order valence-electron chi connectivity index (χ0n) is 10.5. The van der Waals surface area contributed by atoms with E-state index in [1.165, 1.54) is 4.90 Å². The summed E-state index contributed by atoms with van der Waals surface area (Å²) in [4.78, 5) is 25.1. The molecule has 0 saturated heterocycles. The normalized spacial score (nSPS) is 21.7. The molecule has 1 fully saturated rings. The Morgan fingerprint density at radius 3 is 2.68 bits per heavy atom. The highest BCUT2D eigenvalue weighted by Crippen LogP contribution is 2.30. The Bertz CT molecular complexity index is 525. The van der Waals surface area contributed by atoms with Crippen molar-refractivity contribution in [3.8, 4) is 0 Å². The number of hydrogen-bond acceptors (Lipinski definition) is 2. The van der Waals surface area contributed by atoms with Crippen molar-refractivity contribution in [2.24, 2.45) is 0 Å². The minimum absolute atomic E-state index is 0.235. The van der Waals surface area contributed by atoms with Crippen LogP contribution in [0.5, 0.6) is 0 Å². The summed E-state index contributed by atoms with van der Waals surface area (Å²) < 4.78 is 0. The molecule has 0 bridgehead atoms. The number of carboxylic acid groups (broad SMARTS) is 1. The van der Waals surface area contributed by atoms with E-state index in [4.69, 9.17) is 0 Å². The number of hydrogen-bond donors (Lipinski definition) is 2. The molecule has 2 N–H and O–H groups in total. The molecular weight excluding hydrogens is 244 g/mol. The fourth-order valence-electron chi connectivity index (χ4n) is 2.54. The van der Waals surface area contributed by atoms with Gasteiger partial charge in [-0.25, -0.2) is 9.59 Å². The van der Waals surface area contributed by atoms with Crippen LogP contribution in [-0.2, 0) is 11.2 Å². The van der Waals surface area contributed by atoms with Gasteiger partial charge in [0.15, 0.2) is 6.04 Å². The Hall–Kier alpha value is -2.04. The highest BCUT2D eigenvalue weighted by Gasteiger charge is 2.37. The number of aliphatic carboxylic acids is 1. The molecule has 5 heteroatoms. The highest BCUT2D eigenvalue weighted by molar-refractivity contribution is 5.85. The summed E-state index contributed by atoms with van der Waals surface area (Å²) in [6.07, 6.45) is 2.69. The van der Waals surface area contributed by atoms with Gasteiger partial charge in [0.2, 0.25) is 0 Å². The van der Waals surface area contributed by atoms with Crippen LogP contribution in [-0.4, -0.2) is 34.6 Å². The van der Waals surface area contributed by atoms with Crippen molar-refractivity contribution in [1.29, 1.82) is 0 Å². The van der Waals surface area contributed by atoms with Crippen molar-refractivity contribution >= 4 is 12.0 Å². The Morgan fingerprint density at radius 2 is 2.00 bits per heavy atom. The Morgan fingerprint density at radius 1 is 1.26 bits per heavy atom. The number of urea groups is 1. The van der Waals surface area contributed by atoms with E-state index in [9.17, 15) is 14.7 Å². The van der Waals surface area contributed by atoms with Crippen LogP contribution in [0.2, 0.25) is 0 Å². The number of nitrogens with zero attached hydrogens (tertiary/aromatic N) is 1. The van der Waals surface area contributed by atoms with Gasteiger partial charge in [0.25, 0.3) is 0 Å². The molecule has 2 aliphatic rings. The maximum absolute atomic E-state index is 12.1. The van der Waals surface area contributed by atoms with E-state index in [1.54, 1.807) is 6.07 Å². The third-order valence-corrected chi connectivity index (χ3v) is 3.68. The molecule has 5 nitrogen and oxygen atoms in total. The quantitative estimate of drug-likeness (QED) is 0.847. The lowest BCUT2D eigenvalue weighted by Crippen LogP contribution is -2.48. The summed E-state index contributed by atoms with van der Waals surface area (Å²) in [7, 11) is 0. The number of nitrogens with one attached hydrogen (secondary N) is 1. The van der Waals surface area contributed by atoms with Crippen LogP contribution in [0.3, 0.4) is 0 Å². The fourth-order valence-corrected chi connectivity index (χ4v) is 2.54. The number of carboxylic acids is 1. The summed E-state index contributed by atoms with van der Waals surface area (Å²) >= 11 is 0. The van der Waals surface area contributed by atoms with Crippen LogP contribution in [0, 0.1) is 0 Å². The van der Waals surface area contributed by atoms with E-state index < -0.39 is 12.0 Å². The number of rotatable bonds is 2. The second-order valence-electron chi connectivity index (χ2n) is 5.11. The second kappa shape index (κ2) is 4.57. The minimum Gasteiger partial charge on any atom is -0.479 e. The summed E-state index contributed by atoms with van der Waals surface area (Å²) in [5.74, 6) is -0.974.